The molecular formula is C20H15ClN4O. The predicted molar refractivity (Wildman–Crippen MR) is 103 cm³/mol. The molecule has 0 unspecified atom stereocenters. The SMILES string of the molecule is Cc1cc(Nc2ncnc3cnc(Cl)cc23)ccc1Oc1ccccc1. The average Bonchev–Trinajstić information content (AvgIpc) is 2.65. The summed E-state index contributed by atoms with van der Waals surface area (Å²) in [6.45, 7) is 2.00. The predicted octanol–water partition coefficient (Wildman–Crippen LogP) is 5.52. The van der Waals surface area contributed by atoms with Gasteiger partial charge in [0.15, 0.2) is 0 Å². The number of pyridine rings is 1. The van der Waals surface area contributed by atoms with E-state index < -0.39 is 0 Å². The van der Waals surface area contributed by atoms with Crippen molar-refractivity contribution < 1.29 is 4.74 Å². The van der Waals surface area contributed by atoms with Crippen LogP contribution in [0.4, 0.5) is 11.5 Å². The molecule has 6 heteroatoms. The highest BCUT2D eigenvalue weighted by Gasteiger charge is 2.08. The van der Waals surface area contributed by atoms with Crippen LogP contribution in [0.2, 0.25) is 5.15 Å². The lowest BCUT2D eigenvalue weighted by molar-refractivity contribution is 0.479. The van der Waals surface area contributed by atoms with Crippen molar-refractivity contribution in [3.05, 3.63) is 77.8 Å². The van der Waals surface area contributed by atoms with E-state index in [0.717, 1.165) is 33.7 Å². The molecule has 0 bridgehead atoms. The van der Waals surface area contributed by atoms with Crippen LogP contribution in [0.25, 0.3) is 10.9 Å². The topological polar surface area (TPSA) is 59.9 Å². The first-order valence-electron chi connectivity index (χ1n) is 8.06. The molecule has 0 fully saturated rings. The number of aryl methyl sites for hydroxylation is 1. The van der Waals surface area contributed by atoms with Gasteiger partial charge in [-0.3, -0.25) is 0 Å². The molecule has 128 valence electrons. The molecule has 1 N–H and O–H groups in total. The summed E-state index contributed by atoms with van der Waals surface area (Å²) >= 11 is 6.01. The second-order valence-corrected chi connectivity index (χ2v) is 6.15. The number of benzene rings is 2. The molecule has 0 saturated carbocycles. The normalized spacial score (nSPS) is 10.7. The number of para-hydroxylation sites is 1. The highest BCUT2D eigenvalue weighted by molar-refractivity contribution is 6.30. The molecule has 0 spiro atoms. The number of nitrogens with one attached hydrogen (secondary N) is 1. The van der Waals surface area contributed by atoms with Crippen LogP contribution >= 0.6 is 11.6 Å². The zero-order valence-electron chi connectivity index (χ0n) is 14.0. The molecule has 0 amide bonds. The Labute approximate surface area is 155 Å². The minimum atomic E-state index is 0.401. The summed E-state index contributed by atoms with van der Waals surface area (Å²) in [5, 5.41) is 4.53. The molecule has 26 heavy (non-hydrogen) atoms. The molecule has 0 atom stereocenters. The number of hydrogen-bond donors (Lipinski definition) is 1. The van der Waals surface area contributed by atoms with Crippen molar-refractivity contribution in [3.63, 3.8) is 0 Å². The monoisotopic (exact) mass is 362 g/mol. The van der Waals surface area contributed by atoms with Crippen LogP contribution in [-0.4, -0.2) is 15.0 Å². The standard InChI is InChI=1S/C20H15ClN4O/c1-13-9-14(7-8-18(13)26-15-5-3-2-4-6-15)25-20-16-10-19(21)22-11-17(16)23-12-24-20/h2-12H,1H3,(H,23,24,25). The Hall–Kier alpha value is -3.18. The van der Waals surface area contributed by atoms with Crippen LogP contribution in [0.3, 0.4) is 0 Å². The van der Waals surface area contributed by atoms with Gasteiger partial charge in [0.25, 0.3) is 0 Å². The fraction of sp³-hybridized carbons (Fsp3) is 0.0500. The van der Waals surface area contributed by atoms with Gasteiger partial charge in [-0.1, -0.05) is 29.8 Å². The van der Waals surface area contributed by atoms with Crippen LogP contribution < -0.4 is 10.1 Å². The summed E-state index contributed by atoms with van der Waals surface area (Å²) in [5.41, 5.74) is 2.64. The number of fused-ring (bicyclic) bond motifs is 1. The van der Waals surface area contributed by atoms with E-state index in [1.54, 1.807) is 12.3 Å². The van der Waals surface area contributed by atoms with Gasteiger partial charge < -0.3 is 10.1 Å². The number of ether oxygens (including phenoxy) is 1. The van der Waals surface area contributed by atoms with Crippen LogP contribution in [0.15, 0.2) is 67.1 Å². The first-order chi connectivity index (χ1) is 12.7. The average molecular weight is 363 g/mol. The number of anilines is 2. The summed E-state index contributed by atoms with van der Waals surface area (Å²) < 4.78 is 5.92. The van der Waals surface area contributed by atoms with Gasteiger partial charge in [0.1, 0.15) is 28.8 Å². The number of aromatic nitrogens is 3. The molecular weight excluding hydrogens is 348 g/mol. The van der Waals surface area contributed by atoms with E-state index in [1.165, 1.54) is 6.33 Å². The molecule has 2 aromatic carbocycles. The Morgan fingerprint density at radius 3 is 2.62 bits per heavy atom. The van der Waals surface area contributed by atoms with Crippen LogP contribution in [0.5, 0.6) is 11.5 Å². The van der Waals surface area contributed by atoms with E-state index in [9.17, 15) is 0 Å². The quantitative estimate of drug-likeness (QED) is 0.484. The number of halogens is 1. The van der Waals surface area contributed by atoms with Gasteiger partial charge in [-0.05, 0) is 48.9 Å². The second kappa shape index (κ2) is 6.98. The van der Waals surface area contributed by atoms with Gasteiger partial charge in [-0.25, -0.2) is 15.0 Å². The van der Waals surface area contributed by atoms with E-state index in [4.69, 9.17) is 16.3 Å². The number of hydrogen-bond acceptors (Lipinski definition) is 5. The Kier molecular flexibility index (Phi) is 4.37. The lowest BCUT2D eigenvalue weighted by atomic mass is 10.2. The van der Waals surface area contributed by atoms with E-state index in [1.807, 2.05) is 55.5 Å². The van der Waals surface area contributed by atoms with Crippen molar-refractivity contribution in [1.82, 2.24) is 15.0 Å². The fourth-order valence-corrected chi connectivity index (χ4v) is 2.78. The van der Waals surface area contributed by atoms with Crippen LogP contribution in [0.1, 0.15) is 5.56 Å². The van der Waals surface area contributed by atoms with Gasteiger partial charge in [0, 0.05) is 11.1 Å². The minimum absolute atomic E-state index is 0.401. The molecule has 0 radical (unpaired) electrons. The third-order valence-electron chi connectivity index (χ3n) is 3.90. The zero-order chi connectivity index (χ0) is 17.9. The highest BCUT2D eigenvalue weighted by atomic mass is 35.5. The molecule has 4 rings (SSSR count). The fourth-order valence-electron chi connectivity index (χ4n) is 2.63. The number of rotatable bonds is 4. The molecule has 2 heterocycles. The number of nitrogens with zero attached hydrogens (tertiary/aromatic N) is 3. The zero-order valence-corrected chi connectivity index (χ0v) is 14.7. The maximum atomic E-state index is 6.01. The van der Waals surface area contributed by atoms with Crippen molar-refractivity contribution in [2.45, 2.75) is 6.92 Å². The Balaban J connectivity index is 1.62. The molecule has 5 nitrogen and oxygen atoms in total. The van der Waals surface area contributed by atoms with Crippen molar-refractivity contribution in [2.24, 2.45) is 0 Å². The summed E-state index contributed by atoms with van der Waals surface area (Å²) in [6, 6.07) is 17.3. The Morgan fingerprint density at radius 1 is 0.962 bits per heavy atom. The van der Waals surface area contributed by atoms with E-state index in [0.29, 0.717) is 11.0 Å². The lowest BCUT2D eigenvalue weighted by Crippen LogP contribution is -1.97. The molecule has 4 aromatic rings. The lowest BCUT2D eigenvalue weighted by Gasteiger charge is -2.12. The molecule has 0 aliphatic rings. The summed E-state index contributed by atoms with van der Waals surface area (Å²) in [5.74, 6) is 2.29. The Morgan fingerprint density at radius 2 is 1.81 bits per heavy atom. The van der Waals surface area contributed by atoms with Crippen molar-refractivity contribution >= 4 is 34.0 Å². The van der Waals surface area contributed by atoms with Crippen molar-refractivity contribution in [3.8, 4) is 11.5 Å². The maximum absolute atomic E-state index is 6.01. The van der Waals surface area contributed by atoms with E-state index in [-0.39, 0.29) is 0 Å². The summed E-state index contributed by atoms with van der Waals surface area (Å²) in [4.78, 5) is 12.6. The first kappa shape index (κ1) is 16.3. The van der Waals surface area contributed by atoms with Gasteiger partial charge in [0.2, 0.25) is 0 Å². The minimum Gasteiger partial charge on any atom is -0.457 e. The van der Waals surface area contributed by atoms with Crippen LogP contribution in [0, 0.1) is 6.92 Å². The van der Waals surface area contributed by atoms with Crippen molar-refractivity contribution in [2.75, 3.05) is 5.32 Å². The van der Waals surface area contributed by atoms with E-state index >= 15 is 0 Å². The molecule has 0 aliphatic carbocycles. The first-order valence-corrected chi connectivity index (χ1v) is 8.44. The van der Waals surface area contributed by atoms with Gasteiger partial charge >= 0.3 is 0 Å². The third kappa shape index (κ3) is 3.43. The van der Waals surface area contributed by atoms with E-state index in [2.05, 4.69) is 20.3 Å². The van der Waals surface area contributed by atoms with Gasteiger partial charge in [0.05, 0.1) is 11.7 Å². The maximum Gasteiger partial charge on any atom is 0.141 e. The third-order valence-corrected chi connectivity index (χ3v) is 4.10. The second-order valence-electron chi connectivity index (χ2n) is 5.77. The molecule has 0 saturated heterocycles. The van der Waals surface area contributed by atoms with Gasteiger partial charge in [-0.2, -0.15) is 0 Å². The van der Waals surface area contributed by atoms with Gasteiger partial charge in [-0.15, -0.1) is 0 Å². The molecule has 2 aromatic heterocycles. The summed E-state index contributed by atoms with van der Waals surface area (Å²) in [6.07, 6.45) is 3.13. The Bertz CT molecular complexity index is 1070. The smallest absolute Gasteiger partial charge is 0.141 e. The van der Waals surface area contributed by atoms with Crippen LogP contribution in [-0.2, 0) is 0 Å². The van der Waals surface area contributed by atoms with Crippen molar-refractivity contribution in [1.29, 1.82) is 0 Å². The summed E-state index contributed by atoms with van der Waals surface area (Å²) in [7, 11) is 0. The molecule has 0 aliphatic heterocycles. The largest absolute Gasteiger partial charge is 0.457 e. The highest BCUT2D eigenvalue weighted by Crippen LogP contribution is 2.29.